The zero-order valence-corrected chi connectivity index (χ0v) is 16.5. The second-order valence-electron chi connectivity index (χ2n) is 7.22. The van der Waals surface area contributed by atoms with Crippen LogP contribution in [0.25, 0.3) is 0 Å². The standard InChI is InChI=1S/C19H41NO.ClH/c1-5-6-7-8-9-10-11-12-13-14-15-16-17-18(21-4)19(2,3)20;/h18H,5-17,20H2,1-4H3;1H. The first kappa shape index (κ1) is 24.5. The van der Waals surface area contributed by atoms with Crippen molar-refractivity contribution in [2.75, 3.05) is 7.11 Å². The van der Waals surface area contributed by atoms with E-state index < -0.39 is 0 Å². The average molecular weight is 336 g/mol. The topological polar surface area (TPSA) is 35.2 Å². The summed E-state index contributed by atoms with van der Waals surface area (Å²) in [5.41, 5.74) is 5.89. The lowest BCUT2D eigenvalue weighted by molar-refractivity contribution is 0.0409. The Morgan fingerprint density at radius 2 is 1.14 bits per heavy atom. The largest absolute Gasteiger partial charge is 0.380 e. The summed E-state index contributed by atoms with van der Waals surface area (Å²) < 4.78 is 5.49. The van der Waals surface area contributed by atoms with E-state index in [0.29, 0.717) is 0 Å². The van der Waals surface area contributed by atoms with E-state index in [4.69, 9.17) is 10.5 Å². The molecule has 0 saturated carbocycles. The molecule has 3 heteroatoms. The van der Waals surface area contributed by atoms with Gasteiger partial charge in [-0.3, -0.25) is 0 Å². The zero-order valence-electron chi connectivity index (χ0n) is 15.7. The fourth-order valence-corrected chi connectivity index (χ4v) is 2.96. The van der Waals surface area contributed by atoms with E-state index in [1.807, 2.05) is 0 Å². The van der Waals surface area contributed by atoms with E-state index in [9.17, 15) is 0 Å². The van der Waals surface area contributed by atoms with Crippen LogP contribution < -0.4 is 5.73 Å². The van der Waals surface area contributed by atoms with E-state index in [0.717, 1.165) is 6.42 Å². The van der Waals surface area contributed by atoms with Crippen molar-refractivity contribution in [3.8, 4) is 0 Å². The second-order valence-corrected chi connectivity index (χ2v) is 7.22. The second kappa shape index (κ2) is 16.1. The monoisotopic (exact) mass is 335 g/mol. The molecule has 0 saturated heterocycles. The first-order chi connectivity index (χ1) is 10.0. The van der Waals surface area contributed by atoms with Crippen LogP contribution in [0.2, 0.25) is 0 Å². The van der Waals surface area contributed by atoms with Gasteiger partial charge in [0.1, 0.15) is 0 Å². The fourth-order valence-electron chi connectivity index (χ4n) is 2.96. The number of ether oxygens (including phenoxy) is 1. The van der Waals surface area contributed by atoms with Crippen molar-refractivity contribution >= 4 is 12.4 Å². The van der Waals surface area contributed by atoms with Gasteiger partial charge in [0.2, 0.25) is 0 Å². The number of rotatable bonds is 15. The SMILES string of the molecule is CCCCCCCCCCCCCCC(OC)C(C)(C)N.Cl. The van der Waals surface area contributed by atoms with Gasteiger partial charge in [0.15, 0.2) is 0 Å². The highest BCUT2D eigenvalue weighted by Crippen LogP contribution is 2.17. The van der Waals surface area contributed by atoms with E-state index in [-0.39, 0.29) is 24.0 Å². The quantitative estimate of drug-likeness (QED) is 0.359. The van der Waals surface area contributed by atoms with Crippen molar-refractivity contribution in [2.45, 2.75) is 116 Å². The Labute approximate surface area is 146 Å². The van der Waals surface area contributed by atoms with Gasteiger partial charge < -0.3 is 10.5 Å². The average Bonchev–Trinajstić information content (AvgIpc) is 2.42. The highest BCUT2D eigenvalue weighted by atomic mass is 35.5. The van der Waals surface area contributed by atoms with Crippen molar-refractivity contribution < 1.29 is 4.74 Å². The third-order valence-electron chi connectivity index (χ3n) is 4.43. The molecule has 0 aliphatic carbocycles. The molecule has 136 valence electrons. The van der Waals surface area contributed by atoms with Crippen molar-refractivity contribution in [2.24, 2.45) is 5.73 Å². The van der Waals surface area contributed by atoms with Crippen LogP contribution in [-0.2, 0) is 4.74 Å². The summed E-state index contributed by atoms with van der Waals surface area (Å²) in [6.07, 6.45) is 18.0. The molecule has 0 heterocycles. The van der Waals surface area contributed by atoms with Crippen molar-refractivity contribution in [1.29, 1.82) is 0 Å². The van der Waals surface area contributed by atoms with E-state index >= 15 is 0 Å². The Balaban J connectivity index is 0. The molecule has 0 bridgehead atoms. The molecule has 1 unspecified atom stereocenters. The van der Waals surface area contributed by atoms with Gasteiger partial charge in [-0.05, 0) is 20.3 Å². The number of methoxy groups -OCH3 is 1. The van der Waals surface area contributed by atoms with Gasteiger partial charge in [-0.1, -0.05) is 84.0 Å². The maximum absolute atomic E-state index is 6.10. The molecule has 2 N–H and O–H groups in total. The van der Waals surface area contributed by atoms with Gasteiger partial charge >= 0.3 is 0 Å². The van der Waals surface area contributed by atoms with Gasteiger partial charge in [-0.15, -0.1) is 12.4 Å². The van der Waals surface area contributed by atoms with Crippen LogP contribution in [0.1, 0.15) is 104 Å². The van der Waals surface area contributed by atoms with E-state index in [1.165, 1.54) is 77.0 Å². The van der Waals surface area contributed by atoms with Crippen LogP contribution in [0.4, 0.5) is 0 Å². The minimum atomic E-state index is -0.216. The third kappa shape index (κ3) is 15.1. The predicted molar refractivity (Wildman–Crippen MR) is 102 cm³/mol. The van der Waals surface area contributed by atoms with Gasteiger partial charge in [-0.25, -0.2) is 0 Å². The molecule has 0 fully saturated rings. The summed E-state index contributed by atoms with van der Waals surface area (Å²) in [6.45, 7) is 6.40. The number of unbranched alkanes of at least 4 members (excludes halogenated alkanes) is 11. The summed E-state index contributed by atoms with van der Waals surface area (Å²) in [6, 6.07) is 0. The third-order valence-corrected chi connectivity index (χ3v) is 4.43. The molecule has 0 amide bonds. The normalized spacial score (nSPS) is 13.0. The molecule has 1 atom stereocenters. The molecule has 2 nitrogen and oxygen atoms in total. The summed E-state index contributed by atoms with van der Waals surface area (Å²) >= 11 is 0. The Kier molecular flexibility index (Phi) is 17.9. The molecule has 0 aromatic rings. The fraction of sp³-hybridized carbons (Fsp3) is 1.00. The maximum Gasteiger partial charge on any atom is 0.0745 e. The number of nitrogens with two attached hydrogens (primary N) is 1. The number of hydrogen-bond donors (Lipinski definition) is 1. The molecule has 22 heavy (non-hydrogen) atoms. The summed E-state index contributed by atoms with van der Waals surface area (Å²) in [4.78, 5) is 0. The van der Waals surface area contributed by atoms with Crippen LogP contribution in [0.3, 0.4) is 0 Å². The first-order valence-electron chi connectivity index (χ1n) is 9.34. The molecule has 0 rings (SSSR count). The smallest absolute Gasteiger partial charge is 0.0745 e. The predicted octanol–water partition coefficient (Wildman–Crippen LogP) is 6.25. The molecular formula is C19H42ClNO. The maximum atomic E-state index is 6.10. The molecule has 0 radical (unpaired) electrons. The summed E-state index contributed by atoms with van der Waals surface area (Å²) in [5.74, 6) is 0. The zero-order chi connectivity index (χ0) is 16.0. The molecular weight excluding hydrogens is 294 g/mol. The molecule has 0 aromatic heterocycles. The van der Waals surface area contributed by atoms with Crippen LogP contribution in [0.5, 0.6) is 0 Å². The van der Waals surface area contributed by atoms with Crippen LogP contribution in [0, 0.1) is 0 Å². The molecule has 0 aromatic carbocycles. The van der Waals surface area contributed by atoms with Crippen LogP contribution in [-0.4, -0.2) is 18.8 Å². The Morgan fingerprint density at radius 1 is 0.773 bits per heavy atom. The van der Waals surface area contributed by atoms with Crippen molar-refractivity contribution in [3.63, 3.8) is 0 Å². The van der Waals surface area contributed by atoms with Gasteiger partial charge in [-0.2, -0.15) is 0 Å². The van der Waals surface area contributed by atoms with Crippen molar-refractivity contribution in [3.05, 3.63) is 0 Å². The van der Waals surface area contributed by atoms with Gasteiger partial charge in [0.05, 0.1) is 6.10 Å². The minimum Gasteiger partial charge on any atom is -0.380 e. The Bertz CT molecular complexity index is 216. The minimum absolute atomic E-state index is 0. The highest BCUT2D eigenvalue weighted by molar-refractivity contribution is 5.85. The lowest BCUT2D eigenvalue weighted by Gasteiger charge is -2.29. The summed E-state index contributed by atoms with van der Waals surface area (Å²) in [5, 5.41) is 0. The van der Waals surface area contributed by atoms with Gasteiger partial charge in [0, 0.05) is 12.6 Å². The molecule has 0 spiro atoms. The van der Waals surface area contributed by atoms with Crippen LogP contribution >= 0.6 is 12.4 Å². The van der Waals surface area contributed by atoms with Crippen LogP contribution in [0.15, 0.2) is 0 Å². The molecule has 0 aliphatic heterocycles. The van der Waals surface area contributed by atoms with E-state index in [1.54, 1.807) is 7.11 Å². The number of halogens is 1. The number of hydrogen-bond acceptors (Lipinski definition) is 2. The lowest BCUT2D eigenvalue weighted by atomic mass is 9.93. The van der Waals surface area contributed by atoms with E-state index in [2.05, 4.69) is 20.8 Å². The Hall–Kier alpha value is 0.210. The molecule has 0 aliphatic rings. The van der Waals surface area contributed by atoms with Crippen molar-refractivity contribution in [1.82, 2.24) is 0 Å². The first-order valence-corrected chi connectivity index (χ1v) is 9.34. The lowest BCUT2D eigenvalue weighted by Crippen LogP contribution is -2.46. The highest BCUT2D eigenvalue weighted by Gasteiger charge is 2.23. The summed E-state index contributed by atoms with van der Waals surface area (Å²) in [7, 11) is 1.78. The van der Waals surface area contributed by atoms with Gasteiger partial charge in [0.25, 0.3) is 0 Å². The Morgan fingerprint density at radius 3 is 1.45 bits per heavy atom.